The minimum Gasteiger partial charge on any atom is -0.489 e. The van der Waals surface area contributed by atoms with Crippen LogP contribution in [-0.4, -0.2) is 37.1 Å². The van der Waals surface area contributed by atoms with Gasteiger partial charge < -0.3 is 15.0 Å². The number of nitrogens with one attached hydrogen (secondary N) is 2. The minimum absolute atomic E-state index is 0.129. The minimum atomic E-state index is -0.129. The highest BCUT2D eigenvalue weighted by Crippen LogP contribution is 2.19. The number of aromatic nitrogens is 1. The van der Waals surface area contributed by atoms with E-state index in [1.165, 1.54) is 0 Å². The van der Waals surface area contributed by atoms with Crippen molar-refractivity contribution in [3.05, 3.63) is 84.1 Å². The van der Waals surface area contributed by atoms with Crippen molar-refractivity contribution in [3.8, 4) is 11.8 Å². The van der Waals surface area contributed by atoms with Gasteiger partial charge in [-0.15, -0.1) is 0 Å². The lowest BCUT2D eigenvalue weighted by Gasteiger charge is -2.31. The summed E-state index contributed by atoms with van der Waals surface area (Å²) >= 11 is 0. The zero-order valence-electron chi connectivity index (χ0n) is 17.1. The molecule has 156 valence electrons. The maximum Gasteiger partial charge on any atom is 0.322 e. The lowest BCUT2D eigenvalue weighted by Crippen LogP contribution is -2.51. The first-order valence-electron chi connectivity index (χ1n) is 10.2. The second-order valence-corrected chi connectivity index (χ2v) is 7.25. The second kappa shape index (κ2) is 9.63. The molecule has 1 aromatic heterocycles. The molecule has 2 heterocycles. The van der Waals surface area contributed by atoms with E-state index in [9.17, 15) is 10.1 Å². The number of ether oxygens (including phenoxy) is 1. The van der Waals surface area contributed by atoms with Gasteiger partial charge in [0.05, 0.1) is 19.3 Å². The van der Waals surface area contributed by atoms with Crippen molar-refractivity contribution in [1.29, 1.82) is 5.26 Å². The molecule has 0 unspecified atom stereocenters. The molecule has 0 atom stereocenters. The number of urea groups is 1. The fraction of sp³-hybridized carbons (Fsp3) is 0.208. The normalized spacial score (nSPS) is 13.4. The van der Waals surface area contributed by atoms with Crippen LogP contribution in [0.5, 0.6) is 5.75 Å². The number of pyridine rings is 1. The molecule has 2 amide bonds. The number of nitrogens with zero attached hydrogens (tertiary/aromatic N) is 3. The Labute approximate surface area is 181 Å². The van der Waals surface area contributed by atoms with Gasteiger partial charge in [0.15, 0.2) is 0 Å². The molecule has 1 fully saturated rings. The Balaban J connectivity index is 1.27. The summed E-state index contributed by atoms with van der Waals surface area (Å²) in [4.78, 5) is 19.7. The monoisotopic (exact) mass is 414 g/mol. The van der Waals surface area contributed by atoms with E-state index < -0.39 is 0 Å². The molecule has 0 aliphatic carbocycles. The molecule has 7 heteroatoms. The number of hydrogen-bond acceptors (Lipinski definition) is 4. The van der Waals surface area contributed by atoms with Crippen LogP contribution in [0.4, 0.5) is 16.3 Å². The molecular formula is C24H24N5O2+. The Morgan fingerprint density at radius 2 is 1.74 bits per heavy atom. The van der Waals surface area contributed by atoms with Gasteiger partial charge in [0.1, 0.15) is 37.1 Å². The molecule has 7 nitrogen and oxygen atoms in total. The summed E-state index contributed by atoms with van der Waals surface area (Å²) in [5.74, 6) is 1.55. The number of carbonyl (C=O) groups is 1. The molecule has 2 aromatic carbocycles. The number of anilines is 2. The van der Waals surface area contributed by atoms with Crippen molar-refractivity contribution in [3.63, 3.8) is 0 Å². The van der Waals surface area contributed by atoms with Crippen LogP contribution in [0.1, 0.15) is 11.1 Å². The molecule has 1 saturated heterocycles. The first kappa shape index (κ1) is 20.2. The maximum atomic E-state index is 12.6. The number of H-pyrrole nitrogens is 1. The van der Waals surface area contributed by atoms with E-state index >= 15 is 0 Å². The first-order chi connectivity index (χ1) is 15.2. The Morgan fingerprint density at radius 1 is 1.00 bits per heavy atom. The Kier molecular flexibility index (Phi) is 6.29. The molecule has 3 aromatic rings. The number of rotatable bonds is 5. The molecule has 2 N–H and O–H groups in total. The van der Waals surface area contributed by atoms with Crippen LogP contribution in [0.15, 0.2) is 72.9 Å². The van der Waals surface area contributed by atoms with E-state index in [2.05, 4.69) is 21.3 Å². The van der Waals surface area contributed by atoms with Gasteiger partial charge in [0, 0.05) is 5.69 Å². The first-order valence-corrected chi connectivity index (χ1v) is 10.2. The number of benzene rings is 2. The largest absolute Gasteiger partial charge is 0.489 e. The summed E-state index contributed by atoms with van der Waals surface area (Å²) in [6, 6.07) is 23.0. The summed E-state index contributed by atoms with van der Waals surface area (Å²) < 4.78 is 5.79. The SMILES string of the molecule is N#Cc1ccc[nH+]c1N1CCN(C(=O)Nc2ccc(OCc3ccccc3)cc2)CC1. The molecular weight excluding hydrogens is 390 g/mol. The smallest absolute Gasteiger partial charge is 0.322 e. The van der Waals surface area contributed by atoms with Crippen molar-refractivity contribution in [2.75, 3.05) is 36.4 Å². The summed E-state index contributed by atoms with van der Waals surface area (Å²) in [6.07, 6.45) is 1.81. The van der Waals surface area contributed by atoms with Gasteiger partial charge in [-0.3, -0.25) is 4.90 Å². The highest BCUT2D eigenvalue weighted by molar-refractivity contribution is 5.89. The topological polar surface area (TPSA) is 82.7 Å². The number of piperazine rings is 1. The highest BCUT2D eigenvalue weighted by Gasteiger charge is 2.28. The summed E-state index contributed by atoms with van der Waals surface area (Å²) in [5.41, 5.74) is 2.44. The Bertz CT molecular complexity index is 1060. The van der Waals surface area contributed by atoms with Gasteiger partial charge in [-0.2, -0.15) is 5.26 Å². The quantitative estimate of drug-likeness (QED) is 0.694. The Morgan fingerprint density at radius 3 is 2.45 bits per heavy atom. The molecule has 0 saturated carbocycles. The van der Waals surface area contributed by atoms with Gasteiger partial charge in [-0.05, 0) is 42.0 Å². The van der Waals surface area contributed by atoms with Gasteiger partial charge in [-0.1, -0.05) is 30.3 Å². The molecule has 0 radical (unpaired) electrons. The lowest BCUT2D eigenvalue weighted by atomic mass is 10.2. The second-order valence-electron chi connectivity index (χ2n) is 7.25. The number of amides is 2. The molecule has 1 aliphatic heterocycles. The van der Waals surface area contributed by atoms with Crippen molar-refractivity contribution in [2.24, 2.45) is 0 Å². The fourth-order valence-electron chi connectivity index (χ4n) is 3.49. The fourth-order valence-corrected chi connectivity index (χ4v) is 3.49. The summed E-state index contributed by atoms with van der Waals surface area (Å²) in [7, 11) is 0. The van der Waals surface area contributed by atoms with Gasteiger partial charge in [0.25, 0.3) is 5.82 Å². The van der Waals surface area contributed by atoms with Crippen LogP contribution in [0.25, 0.3) is 0 Å². The van der Waals surface area contributed by atoms with Gasteiger partial charge >= 0.3 is 6.03 Å². The van der Waals surface area contributed by atoms with Crippen LogP contribution < -0.4 is 19.9 Å². The van der Waals surface area contributed by atoms with E-state index in [0.717, 1.165) is 22.8 Å². The zero-order valence-corrected chi connectivity index (χ0v) is 17.1. The van der Waals surface area contributed by atoms with Crippen LogP contribution in [0.3, 0.4) is 0 Å². The average molecular weight is 414 g/mol. The van der Waals surface area contributed by atoms with Gasteiger partial charge in [-0.25, -0.2) is 9.78 Å². The zero-order chi connectivity index (χ0) is 21.5. The van der Waals surface area contributed by atoms with E-state index in [4.69, 9.17) is 4.74 Å². The lowest BCUT2D eigenvalue weighted by molar-refractivity contribution is -0.364. The summed E-state index contributed by atoms with van der Waals surface area (Å²) in [6.45, 7) is 2.99. The average Bonchev–Trinajstić information content (AvgIpc) is 2.84. The Hall–Kier alpha value is -4.05. The third kappa shape index (κ3) is 5.11. The number of nitriles is 1. The van der Waals surface area contributed by atoms with E-state index in [1.807, 2.05) is 66.9 Å². The molecule has 0 bridgehead atoms. The van der Waals surface area contributed by atoms with E-state index in [-0.39, 0.29) is 6.03 Å². The van der Waals surface area contributed by atoms with E-state index in [0.29, 0.717) is 38.3 Å². The number of hydrogen-bond donors (Lipinski definition) is 1. The van der Waals surface area contributed by atoms with Gasteiger partial charge in [0.2, 0.25) is 0 Å². The molecule has 31 heavy (non-hydrogen) atoms. The molecule has 1 aliphatic rings. The van der Waals surface area contributed by atoms with Crippen LogP contribution in [-0.2, 0) is 6.61 Å². The van der Waals surface area contributed by atoms with Crippen LogP contribution >= 0.6 is 0 Å². The van der Waals surface area contributed by atoms with Crippen LogP contribution in [0.2, 0.25) is 0 Å². The third-order valence-corrected chi connectivity index (χ3v) is 5.19. The highest BCUT2D eigenvalue weighted by atomic mass is 16.5. The predicted molar refractivity (Wildman–Crippen MR) is 118 cm³/mol. The number of aromatic amines is 1. The van der Waals surface area contributed by atoms with E-state index in [1.54, 1.807) is 11.0 Å². The molecule has 0 spiro atoms. The molecule has 4 rings (SSSR count). The predicted octanol–water partition coefficient (Wildman–Crippen LogP) is 3.31. The number of carbonyl (C=O) groups excluding carboxylic acids is 1. The van der Waals surface area contributed by atoms with Crippen molar-refractivity contribution < 1.29 is 14.5 Å². The van der Waals surface area contributed by atoms with Crippen molar-refractivity contribution in [2.45, 2.75) is 6.61 Å². The summed E-state index contributed by atoms with van der Waals surface area (Å²) in [5, 5.41) is 12.2. The van der Waals surface area contributed by atoms with Crippen molar-refractivity contribution in [1.82, 2.24) is 4.90 Å². The standard InChI is InChI=1S/C24H23N5O2/c25-17-20-7-4-12-26-23(20)28-13-15-29(16-14-28)24(30)27-21-8-10-22(11-9-21)31-18-19-5-2-1-3-6-19/h1-12H,13-16,18H2,(H,27,30)/p+1. The van der Waals surface area contributed by atoms with Crippen molar-refractivity contribution >= 4 is 17.5 Å². The maximum absolute atomic E-state index is 12.6. The van der Waals surface area contributed by atoms with Crippen LogP contribution in [0, 0.1) is 11.3 Å². The third-order valence-electron chi connectivity index (χ3n) is 5.19.